The summed E-state index contributed by atoms with van der Waals surface area (Å²) in [6, 6.07) is 13.5. The average molecular weight is 448 g/mol. The second-order valence-electron chi connectivity index (χ2n) is 7.78. The molecule has 0 aliphatic carbocycles. The van der Waals surface area contributed by atoms with Gasteiger partial charge in [-0.2, -0.15) is 0 Å². The summed E-state index contributed by atoms with van der Waals surface area (Å²) >= 11 is 1.29. The first-order chi connectivity index (χ1) is 15.4. The summed E-state index contributed by atoms with van der Waals surface area (Å²) in [5, 5.41) is 12.7. The first-order valence-electron chi connectivity index (χ1n) is 10.4. The Morgan fingerprint density at radius 3 is 2.78 bits per heavy atom. The van der Waals surface area contributed by atoms with Gasteiger partial charge in [-0.25, -0.2) is 0 Å². The second-order valence-corrected chi connectivity index (χ2v) is 8.72. The SMILES string of the molecule is C=CCn1c(=O)c2ccccc2n2c(SCC(=O)NC(C)c3cc(C)ccc3C)nnc12. The Balaban J connectivity index is 1.60. The number of carbonyl (C=O) groups excluding carboxylic acids is 1. The zero-order valence-electron chi connectivity index (χ0n) is 18.3. The lowest BCUT2D eigenvalue weighted by Crippen LogP contribution is -2.28. The van der Waals surface area contributed by atoms with Crippen molar-refractivity contribution in [1.82, 2.24) is 24.5 Å². The summed E-state index contributed by atoms with van der Waals surface area (Å²) < 4.78 is 3.36. The molecule has 1 N–H and O–H groups in total. The summed E-state index contributed by atoms with van der Waals surface area (Å²) in [5.41, 5.74) is 3.98. The Hall–Kier alpha value is -3.39. The van der Waals surface area contributed by atoms with Gasteiger partial charge in [0, 0.05) is 6.54 Å². The molecule has 1 unspecified atom stereocenters. The van der Waals surface area contributed by atoms with Gasteiger partial charge in [0.15, 0.2) is 5.16 Å². The van der Waals surface area contributed by atoms with Crippen molar-refractivity contribution >= 4 is 34.3 Å². The van der Waals surface area contributed by atoms with E-state index in [0.29, 0.717) is 28.4 Å². The Morgan fingerprint density at radius 2 is 2.00 bits per heavy atom. The van der Waals surface area contributed by atoms with Crippen LogP contribution in [0.1, 0.15) is 29.7 Å². The van der Waals surface area contributed by atoms with Crippen LogP contribution >= 0.6 is 11.8 Å². The van der Waals surface area contributed by atoms with Crippen LogP contribution < -0.4 is 10.9 Å². The predicted octanol–water partition coefficient (Wildman–Crippen LogP) is 3.82. The van der Waals surface area contributed by atoms with E-state index in [9.17, 15) is 9.59 Å². The third-order valence-electron chi connectivity index (χ3n) is 5.40. The van der Waals surface area contributed by atoms with Crippen molar-refractivity contribution in [2.45, 2.75) is 38.5 Å². The van der Waals surface area contributed by atoms with Crippen LogP contribution in [-0.2, 0) is 11.3 Å². The van der Waals surface area contributed by atoms with Gasteiger partial charge < -0.3 is 5.32 Å². The number of allylic oxidation sites excluding steroid dienone is 1. The molecule has 0 fully saturated rings. The fourth-order valence-corrected chi connectivity index (χ4v) is 4.59. The van der Waals surface area contributed by atoms with E-state index in [4.69, 9.17) is 0 Å². The molecule has 1 amide bonds. The number of aromatic nitrogens is 4. The van der Waals surface area contributed by atoms with E-state index in [1.165, 1.54) is 16.3 Å². The van der Waals surface area contributed by atoms with Crippen molar-refractivity contribution in [3.05, 3.63) is 82.2 Å². The molecule has 0 spiro atoms. The zero-order chi connectivity index (χ0) is 22.8. The Kier molecular flexibility index (Phi) is 6.14. The van der Waals surface area contributed by atoms with Crippen LogP contribution in [0.15, 0.2) is 65.1 Å². The molecular formula is C24H25N5O2S. The number of fused-ring (bicyclic) bond motifs is 3. The number of hydrogen-bond acceptors (Lipinski definition) is 5. The number of thioether (sulfide) groups is 1. The fraction of sp³-hybridized carbons (Fsp3) is 0.250. The van der Waals surface area contributed by atoms with Crippen molar-refractivity contribution in [2.75, 3.05) is 5.75 Å². The molecule has 4 aromatic rings. The van der Waals surface area contributed by atoms with Crippen LogP contribution in [0, 0.1) is 13.8 Å². The molecule has 32 heavy (non-hydrogen) atoms. The number of para-hydroxylation sites is 1. The standard InChI is InChI=1S/C24H25N5O2S/c1-5-12-28-22(31)18-8-6-7-9-20(18)29-23(28)26-27-24(29)32-14-21(30)25-17(4)19-13-15(2)10-11-16(19)3/h5-11,13,17H,1,12,14H2,2-4H3,(H,25,30). The van der Waals surface area contributed by atoms with Gasteiger partial charge in [-0.05, 0) is 44.0 Å². The highest BCUT2D eigenvalue weighted by molar-refractivity contribution is 7.99. The van der Waals surface area contributed by atoms with E-state index in [1.54, 1.807) is 12.1 Å². The van der Waals surface area contributed by atoms with Crippen molar-refractivity contribution in [2.24, 2.45) is 0 Å². The highest BCUT2D eigenvalue weighted by atomic mass is 32.2. The molecule has 4 rings (SSSR count). The molecule has 164 valence electrons. The average Bonchev–Trinajstić information content (AvgIpc) is 3.20. The van der Waals surface area contributed by atoms with E-state index in [0.717, 1.165) is 16.7 Å². The summed E-state index contributed by atoms with van der Waals surface area (Å²) in [7, 11) is 0. The van der Waals surface area contributed by atoms with Gasteiger partial charge in [-0.15, -0.1) is 16.8 Å². The highest BCUT2D eigenvalue weighted by Crippen LogP contribution is 2.23. The van der Waals surface area contributed by atoms with E-state index in [1.807, 2.05) is 43.4 Å². The number of hydrogen-bond donors (Lipinski definition) is 1. The lowest BCUT2D eigenvalue weighted by molar-refractivity contribution is -0.119. The van der Waals surface area contributed by atoms with Gasteiger partial charge in [0.1, 0.15) is 0 Å². The summed E-state index contributed by atoms with van der Waals surface area (Å²) in [6.07, 6.45) is 1.65. The van der Waals surface area contributed by atoms with Crippen molar-refractivity contribution in [3.8, 4) is 0 Å². The summed E-state index contributed by atoms with van der Waals surface area (Å²) in [4.78, 5) is 25.6. The number of carbonyl (C=O) groups is 1. The van der Waals surface area contributed by atoms with E-state index in [-0.39, 0.29) is 23.3 Å². The molecule has 0 aliphatic heterocycles. The van der Waals surface area contributed by atoms with Gasteiger partial charge in [0.05, 0.1) is 22.7 Å². The smallest absolute Gasteiger partial charge is 0.263 e. The zero-order valence-corrected chi connectivity index (χ0v) is 19.1. The number of nitrogens with zero attached hydrogens (tertiary/aromatic N) is 4. The number of rotatable bonds is 7. The molecule has 0 saturated carbocycles. The maximum atomic E-state index is 12.9. The molecule has 0 bridgehead atoms. The lowest BCUT2D eigenvalue weighted by Gasteiger charge is -2.17. The molecule has 2 aromatic heterocycles. The first-order valence-corrected chi connectivity index (χ1v) is 11.4. The van der Waals surface area contributed by atoms with Crippen molar-refractivity contribution in [1.29, 1.82) is 0 Å². The molecule has 0 radical (unpaired) electrons. The van der Waals surface area contributed by atoms with Crippen LogP contribution in [0.25, 0.3) is 16.7 Å². The van der Waals surface area contributed by atoms with Crippen molar-refractivity contribution in [3.63, 3.8) is 0 Å². The predicted molar refractivity (Wildman–Crippen MR) is 128 cm³/mol. The molecule has 8 heteroatoms. The number of aryl methyl sites for hydroxylation is 2. The van der Waals surface area contributed by atoms with Gasteiger partial charge in [-0.3, -0.25) is 18.6 Å². The topological polar surface area (TPSA) is 81.3 Å². The monoisotopic (exact) mass is 447 g/mol. The van der Waals surface area contributed by atoms with Crippen LogP contribution in [0.4, 0.5) is 0 Å². The molecule has 2 heterocycles. The minimum atomic E-state index is -0.142. The van der Waals surface area contributed by atoms with Gasteiger partial charge >= 0.3 is 0 Å². The number of benzene rings is 2. The Morgan fingerprint density at radius 1 is 1.22 bits per heavy atom. The summed E-state index contributed by atoms with van der Waals surface area (Å²) in [5.74, 6) is 0.523. The molecule has 2 aromatic carbocycles. The quantitative estimate of drug-likeness (QED) is 0.344. The second kappa shape index (κ2) is 9.00. The van der Waals surface area contributed by atoms with Crippen LogP contribution in [-0.4, -0.2) is 30.8 Å². The Labute approximate surface area is 190 Å². The maximum Gasteiger partial charge on any atom is 0.263 e. The van der Waals surface area contributed by atoms with E-state index < -0.39 is 0 Å². The van der Waals surface area contributed by atoms with E-state index in [2.05, 4.69) is 40.3 Å². The highest BCUT2D eigenvalue weighted by Gasteiger charge is 2.18. The lowest BCUT2D eigenvalue weighted by atomic mass is 10.00. The Bertz CT molecular complexity index is 1390. The maximum absolute atomic E-state index is 12.9. The van der Waals surface area contributed by atoms with Crippen LogP contribution in [0.5, 0.6) is 0 Å². The molecule has 0 saturated heterocycles. The number of nitrogens with one attached hydrogen (secondary N) is 1. The van der Waals surface area contributed by atoms with Crippen LogP contribution in [0.2, 0.25) is 0 Å². The van der Waals surface area contributed by atoms with E-state index >= 15 is 0 Å². The van der Waals surface area contributed by atoms with Crippen molar-refractivity contribution < 1.29 is 4.79 Å². The molecule has 0 aliphatic rings. The molecule has 1 atom stereocenters. The largest absolute Gasteiger partial charge is 0.349 e. The first kappa shape index (κ1) is 21.8. The molecule has 7 nitrogen and oxygen atoms in total. The normalized spacial score (nSPS) is 12.2. The molecular weight excluding hydrogens is 422 g/mol. The number of amides is 1. The fourth-order valence-electron chi connectivity index (χ4n) is 3.84. The minimum Gasteiger partial charge on any atom is -0.349 e. The third kappa shape index (κ3) is 4.05. The minimum absolute atomic E-state index is 0.0936. The van der Waals surface area contributed by atoms with Gasteiger partial charge in [0.2, 0.25) is 11.7 Å². The van der Waals surface area contributed by atoms with Crippen LogP contribution in [0.3, 0.4) is 0 Å². The third-order valence-corrected chi connectivity index (χ3v) is 6.33. The van der Waals surface area contributed by atoms with Gasteiger partial charge in [-0.1, -0.05) is 53.7 Å². The summed E-state index contributed by atoms with van der Waals surface area (Å²) in [6.45, 7) is 10.1. The van der Waals surface area contributed by atoms with Gasteiger partial charge in [0.25, 0.3) is 5.56 Å².